The van der Waals surface area contributed by atoms with Crippen LogP contribution in [-0.4, -0.2) is 46.3 Å². The van der Waals surface area contributed by atoms with Crippen molar-refractivity contribution >= 4 is 40.0 Å². The van der Waals surface area contributed by atoms with Crippen LogP contribution in [-0.2, 0) is 10.0 Å². The van der Waals surface area contributed by atoms with E-state index in [0.29, 0.717) is 13.1 Å². The van der Waals surface area contributed by atoms with Crippen molar-refractivity contribution in [3.05, 3.63) is 0 Å². The zero-order valence-electron chi connectivity index (χ0n) is 14.3. The zero-order chi connectivity index (χ0) is 16.1. The molecule has 0 aromatic carbocycles. The SMILES string of the molecule is CCNC(=NCCCCC(C)C)NCCNS(=O)(=O)CC.I. The first-order valence-corrected chi connectivity index (χ1v) is 9.56. The molecule has 0 aromatic rings. The largest absolute Gasteiger partial charge is 0.357 e. The normalized spacial score (nSPS) is 12.1. The summed E-state index contributed by atoms with van der Waals surface area (Å²) < 4.78 is 25.1. The highest BCUT2D eigenvalue weighted by Crippen LogP contribution is 2.05. The highest BCUT2D eigenvalue weighted by atomic mass is 127. The molecule has 0 saturated heterocycles. The Morgan fingerprint density at radius 1 is 1.09 bits per heavy atom. The molecular weight excluding hydrogens is 415 g/mol. The van der Waals surface area contributed by atoms with E-state index >= 15 is 0 Å². The zero-order valence-corrected chi connectivity index (χ0v) is 17.5. The first-order valence-electron chi connectivity index (χ1n) is 7.90. The topological polar surface area (TPSA) is 82.6 Å². The van der Waals surface area contributed by atoms with Gasteiger partial charge in [0.05, 0.1) is 5.75 Å². The number of unbranched alkanes of at least 4 members (excludes halogenated alkanes) is 1. The lowest BCUT2D eigenvalue weighted by Gasteiger charge is -2.11. The fraction of sp³-hybridized carbons (Fsp3) is 0.929. The molecule has 0 atom stereocenters. The lowest BCUT2D eigenvalue weighted by molar-refractivity contribution is 0.541. The molecule has 0 unspecified atom stereocenters. The summed E-state index contributed by atoms with van der Waals surface area (Å²) in [6.45, 7) is 10.6. The van der Waals surface area contributed by atoms with Crippen molar-refractivity contribution in [1.82, 2.24) is 15.4 Å². The number of guanidine groups is 1. The summed E-state index contributed by atoms with van der Waals surface area (Å²) in [7, 11) is -3.11. The average molecular weight is 448 g/mol. The highest BCUT2D eigenvalue weighted by Gasteiger charge is 2.04. The minimum absolute atomic E-state index is 0. The molecule has 0 rings (SSSR count). The molecule has 0 amide bonds. The highest BCUT2D eigenvalue weighted by molar-refractivity contribution is 14.0. The van der Waals surface area contributed by atoms with Crippen LogP contribution in [0, 0.1) is 5.92 Å². The Labute approximate surface area is 153 Å². The van der Waals surface area contributed by atoms with Crippen LogP contribution in [0.5, 0.6) is 0 Å². The molecule has 0 fully saturated rings. The second-order valence-electron chi connectivity index (χ2n) is 5.37. The van der Waals surface area contributed by atoms with Crippen molar-refractivity contribution in [3.8, 4) is 0 Å². The first kappa shape index (κ1) is 24.2. The molecule has 0 heterocycles. The minimum Gasteiger partial charge on any atom is -0.357 e. The molecule has 8 heteroatoms. The second kappa shape index (κ2) is 14.5. The average Bonchev–Trinajstić information content (AvgIpc) is 2.42. The van der Waals surface area contributed by atoms with Gasteiger partial charge in [-0.3, -0.25) is 4.99 Å². The standard InChI is InChI=1S/C14H32N4O2S.HI/c1-5-15-14(16-10-8-7-9-13(3)4)17-11-12-18-21(19,20)6-2;/h13,18H,5-12H2,1-4H3,(H2,15,16,17);1H. The van der Waals surface area contributed by atoms with Crippen LogP contribution < -0.4 is 15.4 Å². The lowest BCUT2D eigenvalue weighted by atomic mass is 10.1. The van der Waals surface area contributed by atoms with Gasteiger partial charge in [-0.05, 0) is 26.2 Å². The van der Waals surface area contributed by atoms with Gasteiger partial charge in [-0.25, -0.2) is 13.1 Å². The van der Waals surface area contributed by atoms with Crippen molar-refractivity contribution in [3.63, 3.8) is 0 Å². The molecule has 6 nitrogen and oxygen atoms in total. The summed E-state index contributed by atoms with van der Waals surface area (Å²) in [5.74, 6) is 1.60. The molecule has 3 N–H and O–H groups in total. The van der Waals surface area contributed by atoms with E-state index in [1.807, 2.05) is 6.92 Å². The first-order chi connectivity index (χ1) is 9.91. The predicted octanol–water partition coefficient (Wildman–Crippen LogP) is 1.93. The van der Waals surface area contributed by atoms with Crippen molar-refractivity contribution < 1.29 is 8.42 Å². The van der Waals surface area contributed by atoms with Gasteiger partial charge < -0.3 is 10.6 Å². The molecule has 0 spiro atoms. The number of hydrogen-bond donors (Lipinski definition) is 3. The summed E-state index contributed by atoms with van der Waals surface area (Å²) in [6.07, 6.45) is 3.51. The molecule has 0 aliphatic rings. The van der Waals surface area contributed by atoms with Crippen molar-refractivity contribution in [2.75, 3.05) is 31.9 Å². The fourth-order valence-electron chi connectivity index (χ4n) is 1.69. The Balaban J connectivity index is 0. The molecule has 22 heavy (non-hydrogen) atoms. The Morgan fingerprint density at radius 3 is 2.32 bits per heavy atom. The maximum Gasteiger partial charge on any atom is 0.211 e. The van der Waals surface area contributed by atoms with E-state index in [-0.39, 0.29) is 29.7 Å². The van der Waals surface area contributed by atoms with E-state index in [1.165, 1.54) is 12.8 Å². The molecule has 0 aliphatic carbocycles. The number of halogens is 1. The number of rotatable bonds is 11. The van der Waals surface area contributed by atoms with Crippen molar-refractivity contribution in [1.29, 1.82) is 0 Å². The van der Waals surface area contributed by atoms with Crippen LogP contribution in [0.25, 0.3) is 0 Å². The maximum absolute atomic E-state index is 11.3. The molecule has 0 bridgehead atoms. The Morgan fingerprint density at radius 2 is 1.77 bits per heavy atom. The number of nitrogens with one attached hydrogen (secondary N) is 3. The molecule has 0 saturated carbocycles. The van der Waals surface area contributed by atoms with Crippen LogP contribution in [0.4, 0.5) is 0 Å². The lowest BCUT2D eigenvalue weighted by Crippen LogP contribution is -2.41. The van der Waals surface area contributed by atoms with Gasteiger partial charge in [0.25, 0.3) is 0 Å². The van der Waals surface area contributed by atoms with Gasteiger partial charge in [0.2, 0.25) is 10.0 Å². The molecule has 0 aromatic heterocycles. The minimum atomic E-state index is -3.11. The third kappa shape index (κ3) is 14.8. The fourth-order valence-corrected chi connectivity index (χ4v) is 2.30. The van der Waals surface area contributed by atoms with Gasteiger partial charge >= 0.3 is 0 Å². The summed E-state index contributed by atoms with van der Waals surface area (Å²) in [4.78, 5) is 4.48. The van der Waals surface area contributed by atoms with E-state index in [4.69, 9.17) is 0 Å². The van der Waals surface area contributed by atoms with E-state index in [9.17, 15) is 8.42 Å². The van der Waals surface area contributed by atoms with Crippen LogP contribution in [0.2, 0.25) is 0 Å². The van der Waals surface area contributed by atoms with Gasteiger partial charge in [0, 0.05) is 26.2 Å². The van der Waals surface area contributed by atoms with Gasteiger partial charge in [0.1, 0.15) is 0 Å². The quantitative estimate of drug-likeness (QED) is 0.195. The van der Waals surface area contributed by atoms with Gasteiger partial charge in [0.15, 0.2) is 5.96 Å². The molecule has 0 aliphatic heterocycles. The molecular formula is C14H33IN4O2S. The molecule has 134 valence electrons. The van der Waals surface area contributed by atoms with Gasteiger partial charge in [-0.1, -0.05) is 26.7 Å². The third-order valence-corrected chi connectivity index (χ3v) is 4.33. The second-order valence-corrected chi connectivity index (χ2v) is 7.47. The summed E-state index contributed by atoms with van der Waals surface area (Å²) in [5, 5.41) is 6.28. The number of sulfonamides is 1. The maximum atomic E-state index is 11.3. The van der Waals surface area contributed by atoms with E-state index in [1.54, 1.807) is 6.92 Å². The molecule has 0 radical (unpaired) electrons. The number of aliphatic imine (C=N–C) groups is 1. The van der Waals surface area contributed by atoms with Crippen LogP contribution in [0.3, 0.4) is 0 Å². The summed E-state index contributed by atoms with van der Waals surface area (Å²) in [5.41, 5.74) is 0. The number of hydrogen-bond acceptors (Lipinski definition) is 3. The predicted molar refractivity (Wildman–Crippen MR) is 106 cm³/mol. The Bertz CT molecular complexity index is 386. The summed E-state index contributed by atoms with van der Waals surface area (Å²) in [6, 6.07) is 0. The smallest absolute Gasteiger partial charge is 0.211 e. The van der Waals surface area contributed by atoms with Crippen LogP contribution in [0.1, 0.15) is 47.0 Å². The number of nitrogens with zero attached hydrogens (tertiary/aromatic N) is 1. The summed E-state index contributed by atoms with van der Waals surface area (Å²) >= 11 is 0. The van der Waals surface area contributed by atoms with Crippen LogP contribution in [0.15, 0.2) is 4.99 Å². The van der Waals surface area contributed by atoms with E-state index < -0.39 is 10.0 Å². The van der Waals surface area contributed by atoms with Crippen molar-refractivity contribution in [2.24, 2.45) is 10.9 Å². The Kier molecular flexibility index (Phi) is 15.9. The Hall–Kier alpha value is -0.0900. The monoisotopic (exact) mass is 448 g/mol. The van der Waals surface area contributed by atoms with E-state index in [0.717, 1.165) is 31.4 Å². The van der Waals surface area contributed by atoms with Crippen molar-refractivity contribution in [2.45, 2.75) is 47.0 Å². The van der Waals surface area contributed by atoms with Crippen LogP contribution >= 0.6 is 24.0 Å². The van der Waals surface area contributed by atoms with Gasteiger partial charge in [-0.15, -0.1) is 24.0 Å². The van der Waals surface area contributed by atoms with E-state index in [2.05, 4.69) is 34.2 Å². The van der Waals surface area contributed by atoms with Gasteiger partial charge in [-0.2, -0.15) is 0 Å². The third-order valence-electron chi connectivity index (χ3n) is 2.92.